The van der Waals surface area contributed by atoms with E-state index < -0.39 is 5.91 Å². The minimum atomic E-state index is -0.416. The highest BCUT2D eigenvalue weighted by molar-refractivity contribution is 5.96. The summed E-state index contributed by atoms with van der Waals surface area (Å²) in [7, 11) is 0. The second-order valence-corrected chi connectivity index (χ2v) is 6.03. The summed E-state index contributed by atoms with van der Waals surface area (Å²) >= 11 is 0. The molecule has 2 atom stereocenters. The Bertz CT molecular complexity index is 744. The van der Waals surface area contributed by atoms with E-state index in [1.165, 1.54) is 6.26 Å². The van der Waals surface area contributed by atoms with Crippen LogP contribution in [0.4, 0.5) is 4.79 Å². The zero-order valence-electron chi connectivity index (χ0n) is 14.2. The number of rotatable bonds is 2. The maximum Gasteiger partial charge on any atom is 0.336 e. The predicted molar refractivity (Wildman–Crippen MR) is 90.7 cm³/mol. The molecule has 0 spiro atoms. The van der Waals surface area contributed by atoms with Crippen LogP contribution in [0.2, 0.25) is 0 Å². The number of hydrazine groups is 1. The Morgan fingerprint density at radius 2 is 1.88 bits per heavy atom. The molecule has 7 nitrogen and oxygen atoms in total. The molecule has 3 rings (SSSR count). The number of aryl methyl sites for hydroxylation is 1. The smallest absolute Gasteiger partial charge is 0.336 e. The Kier molecular flexibility index (Phi) is 5.04. The van der Waals surface area contributed by atoms with Gasteiger partial charge in [0, 0.05) is 6.54 Å². The van der Waals surface area contributed by atoms with Crippen molar-refractivity contribution in [3.8, 4) is 0 Å². The Morgan fingerprint density at radius 1 is 1.12 bits per heavy atom. The molecule has 7 heteroatoms. The Labute approximate surface area is 145 Å². The highest BCUT2D eigenvalue weighted by atomic mass is 16.5. The SMILES string of the molecule is Cc1occc1C(=O)NNC(=O)N1C[C@@H](C)O[C@@H](c2ccccc2)C1. The molecule has 0 bridgehead atoms. The molecule has 132 valence electrons. The summed E-state index contributed by atoms with van der Waals surface area (Å²) in [5.74, 6) is 0.0800. The summed E-state index contributed by atoms with van der Waals surface area (Å²) in [6.07, 6.45) is 1.14. The van der Waals surface area contributed by atoms with Gasteiger partial charge in [0.1, 0.15) is 11.9 Å². The number of amides is 3. The molecule has 0 saturated carbocycles. The van der Waals surface area contributed by atoms with Gasteiger partial charge >= 0.3 is 6.03 Å². The van der Waals surface area contributed by atoms with Gasteiger partial charge in [-0.3, -0.25) is 10.2 Å². The van der Waals surface area contributed by atoms with Crippen molar-refractivity contribution < 1.29 is 18.7 Å². The molecule has 0 unspecified atom stereocenters. The maximum absolute atomic E-state index is 12.4. The summed E-state index contributed by atoms with van der Waals surface area (Å²) in [5, 5.41) is 0. The van der Waals surface area contributed by atoms with Crippen molar-refractivity contribution in [1.29, 1.82) is 0 Å². The molecule has 1 aromatic heterocycles. The van der Waals surface area contributed by atoms with E-state index in [-0.39, 0.29) is 18.2 Å². The highest BCUT2D eigenvalue weighted by Gasteiger charge is 2.29. The van der Waals surface area contributed by atoms with Crippen molar-refractivity contribution in [3.63, 3.8) is 0 Å². The number of hydrogen-bond donors (Lipinski definition) is 2. The third-order valence-electron chi connectivity index (χ3n) is 4.11. The number of nitrogens with one attached hydrogen (secondary N) is 2. The molecule has 1 fully saturated rings. The van der Waals surface area contributed by atoms with Gasteiger partial charge in [0.2, 0.25) is 0 Å². The molecule has 2 heterocycles. The number of morpholine rings is 1. The first-order valence-corrected chi connectivity index (χ1v) is 8.14. The lowest BCUT2D eigenvalue weighted by atomic mass is 10.1. The lowest BCUT2D eigenvalue weighted by molar-refractivity contribution is -0.0658. The third-order valence-corrected chi connectivity index (χ3v) is 4.11. The summed E-state index contributed by atoms with van der Waals surface area (Å²) in [6.45, 7) is 4.48. The summed E-state index contributed by atoms with van der Waals surface area (Å²) < 4.78 is 11.0. The predicted octanol–water partition coefficient (Wildman–Crippen LogP) is 2.40. The van der Waals surface area contributed by atoms with Crippen molar-refractivity contribution in [2.45, 2.75) is 26.1 Å². The normalized spacial score (nSPS) is 20.2. The minimum absolute atomic E-state index is 0.100. The quantitative estimate of drug-likeness (QED) is 0.820. The molecule has 3 amide bonds. The van der Waals surface area contributed by atoms with Gasteiger partial charge < -0.3 is 14.1 Å². The molecule has 0 aliphatic carbocycles. The van der Waals surface area contributed by atoms with Crippen LogP contribution in [-0.2, 0) is 4.74 Å². The largest absolute Gasteiger partial charge is 0.469 e. The molecule has 2 aromatic rings. The fourth-order valence-electron chi connectivity index (χ4n) is 2.85. The van der Waals surface area contributed by atoms with E-state index in [0.29, 0.717) is 24.4 Å². The number of carbonyl (C=O) groups excluding carboxylic acids is 2. The van der Waals surface area contributed by atoms with E-state index in [0.717, 1.165) is 5.56 Å². The fraction of sp³-hybridized carbons (Fsp3) is 0.333. The molecule has 1 aromatic carbocycles. The van der Waals surface area contributed by atoms with Gasteiger partial charge in [-0.25, -0.2) is 10.2 Å². The van der Waals surface area contributed by atoms with Crippen LogP contribution in [0.25, 0.3) is 0 Å². The molecule has 25 heavy (non-hydrogen) atoms. The standard InChI is InChI=1S/C18H21N3O4/c1-12-10-21(11-16(25-12)14-6-4-3-5-7-14)18(23)20-19-17(22)15-8-9-24-13(15)2/h3-9,12,16H,10-11H2,1-2H3,(H,19,22)(H,20,23)/t12-,16-/m1/s1. The fourth-order valence-corrected chi connectivity index (χ4v) is 2.85. The van der Waals surface area contributed by atoms with E-state index in [1.54, 1.807) is 17.9 Å². The first kappa shape index (κ1) is 17.0. The molecule has 2 N–H and O–H groups in total. The van der Waals surface area contributed by atoms with E-state index in [4.69, 9.17) is 9.15 Å². The van der Waals surface area contributed by atoms with Crippen LogP contribution in [0.1, 0.15) is 34.7 Å². The van der Waals surface area contributed by atoms with Crippen molar-refractivity contribution in [3.05, 3.63) is 59.5 Å². The van der Waals surface area contributed by atoms with Crippen LogP contribution in [0.15, 0.2) is 47.1 Å². The lowest BCUT2D eigenvalue weighted by Crippen LogP contribution is -2.54. The number of nitrogens with zero attached hydrogens (tertiary/aromatic N) is 1. The van der Waals surface area contributed by atoms with Crippen molar-refractivity contribution >= 4 is 11.9 Å². The average molecular weight is 343 g/mol. The highest BCUT2D eigenvalue weighted by Crippen LogP contribution is 2.24. The number of hydrogen-bond acceptors (Lipinski definition) is 4. The first-order chi connectivity index (χ1) is 12.0. The minimum Gasteiger partial charge on any atom is -0.469 e. The molecule has 1 saturated heterocycles. The zero-order chi connectivity index (χ0) is 17.8. The Balaban J connectivity index is 1.59. The Hall–Kier alpha value is -2.80. The summed E-state index contributed by atoms with van der Waals surface area (Å²) in [6, 6.07) is 11.0. The number of urea groups is 1. The number of benzene rings is 1. The summed E-state index contributed by atoms with van der Waals surface area (Å²) in [4.78, 5) is 26.1. The van der Waals surface area contributed by atoms with Crippen LogP contribution in [0.5, 0.6) is 0 Å². The van der Waals surface area contributed by atoms with Gasteiger partial charge in [-0.1, -0.05) is 30.3 Å². The van der Waals surface area contributed by atoms with Crippen LogP contribution in [0.3, 0.4) is 0 Å². The molecular formula is C18H21N3O4. The molecule has 1 aliphatic heterocycles. The van der Waals surface area contributed by atoms with Gasteiger partial charge in [0.15, 0.2) is 0 Å². The second kappa shape index (κ2) is 7.40. The average Bonchev–Trinajstić information content (AvgIpc) is 3.05. The molecule has 1 aliphatic rings. The molecular weight excluding hydrogens is 322 g/mol. The maximum atomic E-state index is 12.4. The van der Waals surface area contributed by atoms with Crippen LogP contribution < -0.4 is 10.9 Å². The van der Waals surface area contributed by atoms with Crippen molar-refractivity contribution in [2.24, 2.45) is 0 Å². The summed E-state index contributed by atoms with van der Waals surface area (Å²) in [5.41, 5.74) is 6.27. The molecule has 0 radical (unpaired) electrons. The van der Waals surface area contributed by atoms with E-state index in [9.17, 15) is 9.59 Å². The zero-order valence-corrected chi connectivity index (χ0v) is 14.2. The van der Waals surface area contributed by atoms with Gasteiger partial charge in [-0.05, 0) is 25.5 Å². The topological polar surface area (TPSA) is 83.8 Å². The van der Waals surface area contributed by atoms with E-state index in [2.05, 4.69) is 10.9 Å². The Morgan fingerprint density at radius 3 is 2.56 bits per heavy atom. The number of furan rings is 1. The van der Waals surface area contributed by atoms with Gasteiger partial charge in [0.25, 0.3) is 5.91 Å². The van der Waals surface area contributed by atoms with Crippen molar-refractivity contribution in [2.75, 3.05) is 13.1 Å². The van der Waals surface area contributed by atoms with Gasteiger partial charge in [0.05, 0.1) is 24.5 Å². The van der Waals surface area contributed by atoms with Gasteiger partial charge in [-0.15, -0.1) is 0 Å². The van der Waals surface area contributed by atoms with Crippen LogP contribution in [0, 0.1) is 6.92 Å². The van der Waals surface area contributed by atoms with Crippen LogP contribution in [-0.4, -0.2) is 36.0 Å². The van der Waals surface area contributed by atoms with E-state index in [1.807, 2.05) is 37.3 Å². The monoisotopic (exact) mass is 343 g/mol. The van der Waals surface area contributed by atoms with Crippen LogP contribution >= 0.6 is 0 Å². The van der Waals surface area contributed by atoms with E-state index >= 15 is 0 Å². The second-order valence-electron chi connectivity index (χ2n) is 6.03. The lowest BCUT2D eigenvalue weighted by Gasteiger charge is -2.36. The third kappa shape index (κ3) is 4.00. The number of ether oxygens (including phenoxy) is 1. The number of carbonyl (C=O) groups is 2. The van der Waals surface area contributed by atoms with Gasteiger partial charge in [-0.2, -0.15) is 0 Å². The first-order valence-electron chi connectivity index (χ1n) is 8.14. The van der Waals surface area contributed by atoms with Crippen molar-refractivity contribution in [1.82, 2.24) is 15.8 Å².